The third-order valence-electron chi connectivity index (χ3n) is 2.77. The summed E-state index contributed by atoms with van der Waals surface area (Å²) in [5.41, 5.74) is 4.50. The van der Waals surface area contributed by atoms with Gasteiger partial charge in [-0.2, -0.15) is 0 Å². The highest BCUT2D eigenvalue weighted by atomic mass is 16.4. The molecule has 0 aliphatic heterocycles. The summed E-state index contributed by atoms with van der Waals surface area (Å²) in [6.07, 6.45) is 0. The Bertz CT molecular complexity index is 686. The topological polar surface area (TPSA) is 38.9 Å². The number of benzene rings is 1. The highest BCUT2D eigenvalue weighted by Crippen LogP contribution is 2.25. The lowest BCUT2D eigenvalue weighted by Gasteiger charge is -1.98. The first-order valence-corrected chi connectivity index (χ1v) is 5.54. The molecule has 0 unspecified atom stereocenters. The first kappa shape index (κ1) is 10.0. The quantitative estimate of drug-likeness (QED) is 0.635. The lowest BCUT2D eigenvalue weighted by molar-refractivity contribution is 0.606. The maximum atomic E-state index is 5.69. The van der Waals surface area contributed by atoms with E-state index in [0.29, 0.717) is 11.6 Å². The van der Waals surface area contributed by atoms with E-state index in [4.69, 9.17) is 4.42 Å². The van der Waals surface area contributed by atoms with Crippen molar-refractivity contribution in [1.82, 2.24) is 9.97 Å². The zero-order valence-electron chi connectivity index (χ0n) is 9.77. The summed E-state index contributed by atoms with van der Waals surface area (Å²) in [7, 11) is 0. The zero-order valence-corrected chi connectivity index (χ0v) is 9.77. The smallest absolute Gasteiger partial charge is 0.247 e. The van der Waals surface area contributed by atoms with Gasteiger partial charge in [-0.3, -0.25) is 0 Å². The molecule has 2 heterocycles. The predicted molar refractivity (Wildman–Crippen MR) is 66.7 cm³/mol. The molecule has 0 fully saturated rings. The van der Waals surface area contributed by atoms with Gasteiger partial charge in [0.1, 0.15) is 5.52 Å². The van der Waals surface area contributed by atoms with E-state index >= 15 is 0 Å². The number of pyridine rings is 1. The Labute approximate surface area is 99.1 Å². The standard InChI is InChI=1S/C14H12N2O/c1-9-5-3-4-6-11(9)13-16-12-8-7-10(2)15-14(12)17-13/h3-8H,1-2H3. The number of rotatable bonds is 1. The van der Waals surface area contributed by atoms with E-state index in [1.54, 1.807) is 0 Å². The van der Waals surface area contributed by atoms with Crippen LogP contribution in [0.5, 0.6) is 0 Å². The minimum atomic E-state index is 0.600. The highest BCUT2D eigenvalue weighted by Gasteiger charge is 2.10. The van der Waals surface area contributed by atoms with Gasteiger partial charge >= 0.3 is 0 Å². The molecule has 3 rings (SSSR count). The monoisotopic (exact) mass is 224 g/mol. The van der Waals surface area contributed by atoms with Gasteiger partial charge in [0.15, 0.2) is 0 Å². The van der Waals surface area contributed by atoms with Crippen LogP contribution < -0.4 is 0 Å². The lowest BCUT2D eigenvalue weighted by atomic mass is 10.1. The molecule has 1 aromatic carbocycles. The predicted octanol–water partition coefficient (Wildman–Crippen LogP) is 3.51. The lowest BCUT2D eigenvalue weighted by Crippen LogP contribution is -1.81. The van der Waals surface area contributed by atoms with Crippen molar-refractivity contribution in [3.63, 3.8) is 0 Å². The van der Waals surface area contributed by atoms with Crippen LogP contribution >= 0.6 is 0 Å². The minimum Gasteiger partial charge on any atom is -0.418 e. The second-order valence-electron chi connectivity index (χ2n) is 4.11. The van der Waals surface area contributed by atoms with Crippen LogP contribution in [-0.2, 0) is 0 Å². The summed E-state index contributed by atoms with van der Waals surface area (Å²) < 4.78 is 5.69. The molecule has 0 saturated heterocycles. The molecule has 3 aromatic rings. The number of oxazole rings is 1. The van der Waals surface area contributed by atoms with Gasteiger partial charge in [0.2, 0.25) is 11.6 Å². The van der Waals surface area contributed by atoms with Crippen LogP contribution in [0.3, 0.4) is 0 Å². The number of hydrogen-bond acceptors (Lipinski definition) is 3. The number of hydrogen-bond donors (Lipinski definition) is 0. The van der Waals surface area contributed by atoms with Crippen LogP contribution in [0, 0.1) is 13.8 Å². The van der Waals surface area contributed by atoms with Crippen LogP contribution in [0.25, 0.3) is 22.7 Å². The Morgan fingerprint density at radius 3 is 2.59 bits per heavy atom. The Balaban J connectivity index is 2.22. The van der Waals surface area contributed by atoms with Gasteiger partial charge in [-0.15, -0.1) is 0 Å². The van der Waals surface area contributed by atoms with Gasteiger partial charge < -0.3 is 4.42 Å². The van der Waals surface area contributed by atoms with Crippen LogP contribution in [0.2, 0.25) is 0 Å². The SMILES string of the molecule is Cc1ccc2nc(-c3ccccc3C)oc2n1. The van der Waals surface area contributed by atoms with E-state index in [-0.39, 0.29) is 0 Å². The van der Waals surface area contributed by atoms with Crippen molar-refractivity contribution in [2.75, 3.05) is 0 Å². The van der Waals surface area contributed by atoms with Crippen molar-refractivity contribution in [3.8, 4) is 11.5 Å². The molecule has 0 aliphatic carbocycles. The molecule has 0 radical (unpaired) electrons. The molecule has 2 aromatic heterocycles. The highest BCUT2D eigenvalue weighted by molar-refractivity contribution is 5.73. The van der Waals surface area contributed by atoms with Crippen LogP contribution in [-0.4, -0.2) is 9.97 Å². The van der Waals surface area contributed by atoms with Crippen molar-refractivity contribution in [2.45, 2.75) is 13.8 Å². The number of aryl methyl sites for hydroxylation is 2. The first-order chi connectivity index (χ1) is 8.24. The Morgan fingerprint density at radius 1 is 0.941 bits per heavy atom. The molecule has 0 N–H and O–H groups in total. The summed E-state index contributed by atoms with van der Waals surface area (Å²) in [4.78, 5) is 8.78. The molecule has 0 atom stereocenters. The van der Waals surface area contributed by atoms with Crippen LogP contribution in [0.4, 0.5) is 0 Å². The molecule has 3 nitrogen and oxygen atoms in total. The third-order valence-corrected chi connectivity index (χ3v) is 2.77. The third kappa shape index (κ3) is 1.69. The van der Waals surface area contributed by atoms with Crippen LogP contribution in [0.1, 0.15) is 11.3 Å². The molecule has 0 saturated carbocycles. The molecule has 0 amide bonds. The molecule has 84 valence electrons. The summed E-state index contributed by atoms with van der Waals surface area (Å²) in [5.74, 6) is 0.635. The van der Waals surface area contributed by atoms with Crippen molar-refractivity contribution in [2.24, 2.45) is 0 Å². The number of aromatic nitrogens is 2. The van der Waals surface area contributed by atoms with E-state index in [1.807, 2.05) is 50.2 Å². The average Bonchev–Trinajstić information content (AvgIpc) is 2.72. The van der Waals surface area contributed by atoms with E-state index < -0.39 is 0 Å². The van der Waals surface area contributed by atoms with Crippen molar-refractivity contribution in [3.05, 3.63) is 47.7 Å². The van der Waals surface area contributed by atoms with E-state index in [1.165, 1.54) is 0 Å². The number of fused-ring (bicyclic) bond motifs is 1. The van der Waals surface area contributed by atoms with Crippen molar-refractivity contribution < 1.29 is 4.42 Å². The molecule has 0 bridgehead atoms. The number of nitrogens with zero attached hydrogens (tertiary/aromatic N) is 2. The molecule has 3 heteroatoms. The van der Waals surface area contributed by atoms with Crippen molar-refractivity contribution in [1.29, 1.82) is 0 Å². The molecular weight excluding hydrogens is 212 g/mol. The second-order valence-corrected chi connectivity index (χ2v) is 4.11. The van der Waals surface area contributed by atoms with E-state index in [2.05, 4.69) is 9.97 Å². The Morgan fingerprint density at radius 2 is 1.76 bits per heavy atom. The van der Waals surface area contributed by atoms with Crippen molar-refractivity contribution >= 4 is 11.2 Å². The van der Waals surface area contributed by atoms with Gasteiger partial charge in [0.25, 0.3) is 0 Å². The Kier molecular flexibility index (Phi) is 2.18. The normalized spacial score (nSPS) is 10.9. The fourth-order valence-corrected chi connectivity index (χ4v) is 1.84. The second kappa shape index (κ2) is 3.70. The maximum Gasteiger partial charge on any atom is 0.247 e. The Hall–Kier alpha value is -2.16. The summed E-state index contributed by atoms with van der Waals surface area (Å²) in [6.45, 7) is 3.98. The average molecular weight is 224 g/mol. The van der Waals surface area contributed by atoms with Gasteiger partial charge in [-0.1, -0.05) is 18.2 Å². The molecule has 0 spiro atoms. The van der Waals surface area contributed by atoms with Gasteiger partial charge in [-0.25, -0.2) is 9.97 Å². The van der Waals surface area contributed by atoms with Gasteiger partial charge in [-0.05, 0) is 37.6 Å². The molecule has 17 heavy (non-hydrogen) atoms. The first-order valence-electron chi connectivity index (χ1n) is 5.54. The summed E-state index contributed by atoms with van der Waals surface area (Å²) >= 11 is 0. The largest absolute Gasteiger partial charge is 0.418 e. The van der Waals surface area contributed by atoms with E-state index in [9.17, 15) is 0 Å². The zero-order chi connectivity index (χ0) is 11.8. The van der Waals surface area contributed by atoms with Gasteiger partial charge in [0.05, 0.1) is 0 Å². The van der Waals surface area contributed by atoms with Gasteiger partial charge in [0, 0.05) is 11.3 Å². The minimum absolute atomic E-state index is 0.600. The van der Waals surface area contributed by atoms with E-state index in [0.717, 1.165) is 22.3 Å². The summed E-state index contributed by atoms with van der Waals surface area (Å²) in [5, 5.41) is 0. The fourth-order valence-electron chi connectivity index (χ4n) is 1.84. The maximum absolute atomic E-state index is 5.69. The summed E-state index contributed by atoms with van der Waals surface area (Å²) in [6, 6.07) is 11.9. The molecular formula is C14H12N2O. The fraction of sp³-hybridized carbons (Fsp3) is 0.143. The molecule has 0 aliphatic rings. The van der Waals surface area contributed by atoms with Crippen LogP contribution in [0.15, 0.2) is 40.8 Å².